The van der Waals surface area contributed by atoms with E-state index in [1.807, 2.05) is 6.92 Å². The number of nitrogens with zero attached hydrogens (tertiary/aromatic N) is 4. The molecular formula is C14H15N5O2S. The summed E-state index contributed by atoms with van der Waals surface area (Å²) in [7, 11) is 0. The molecule has 22 heavy (non-hydrogen) atoms. The van der Waals surface area contributed by atoms with Gasteiger partial charge in [0.1, 0.15) is 6.20 Å². The van der Waals surface area contributed by atoms with E-state index in [0.717, 1.165) is 0 Å². The van der Waals surface area contributed by atoms with Gasteiger partial charge >= 0.3 is 5.82 Å². The molecule has 0 fully saturated rings. The van der Waals surface area contributed by atoms with Crippen LogP contribution in [0, 0.1) is 24.0 Å². The average Bonchev–Trinajstić information content (AvgIpc) is 3.01. The molecule has 3 aromatic rings. The molecule has 0 bridgehead atoms. The molecule has 0 aliphatic carbocycles. The quantitative estimate of drug-likeness (QED) is 0.588. The molecule has 0 saturated carbocycles. The SMILES string of the molecule is Cc1cc([C@H](C)Nc2ccc3ncc([N+](=O)[O-])n3n2)c(C)s1. The summed E-state index contributed by atoms with van der Waals surface area (Å²) in [6.07, 6.45) is 1.21. The number of hydrogen-bond donors (Lipinski definition) is 1. The molecule has 3 rings (SSSR count). The summed E-state index contributed by atoms with van der Waals surface area (Å²) >= 11 is 1.75. The molecule has 0 aliphatic rings. The summed E-state index contributed by atoms with van der Waals surface area (Å²) in [6.45, 7) is 6.21. The maximum Gasteiger partial charge on any atom is 0.368 e. The first-order valence-corrected chi connectivity index (χ1v) is 7.60. The van der Waals surface area contributed by atoms with Gasteiger partial charge in [0.05, 0.1) is 6.04 Å². The van der Waals surface area contributed by atoms with Gasteiger partial charge in [0.25, 0.3) is 0 Å². The minimum Gasteiger partial charge on any atom is -0.360 e. The fourth-order valence-electron chi connectivity index (χ4n) is 2.44. The second-order valence-corrected chi connectivity index (χ2v) is 6.56. The predicted octanol–water partition coefficient (Wildman–Crippen LogP) is 3.49. The second kappa shape index (κ2) is 5.38. The molecular weight excluding hydrogens is 302 g/mol. The second-order valence-electron chi connectivity index (χ2n) is 5.10. The molecule has 0 amide bonds. The van der Waals surface area contributed by atoms with Crippen LogP contribution in [0.4, 0.5) is 11.6 Å². The fourth-order valence-corrected chi connectivity index (χ4v) is 3.47. The molecule has 114 valence electrons. The van der Waals surface area contributed by atoms with Crippen LogP contribution in [0.25, 0.3) is 5.65 Å². The Morgan fingerprint density at radius 3 is 2.82 bits per heavy atom. The van der Waals surface area contributed by atoms with Crippen molar-refractivity contribution in [1.29, 1.82) is 0 Å². The van der Waals surface area contributed by atoms with Crippen molar-refractivity contribution in [2.45, 2.75) is 26.8 Å². The standard InChI is InChI=1S/C14H15N5O2S/c1-8-6-11(10(3)22-8)9(2)16-12-4-5-13-15-7-14(19(20)21)18(13)17-12/h4-7,9H,1-3H3,(H,16,17)/t9-/m0/s1. The summed E-state index contributed by atoms with van der Waals surface area (Å²) in [5.74, 6) is 0.429. The van der Waals surface area contributed by atoms with Crippen molar-refractivity contribution in [3.63, 3.8) is 0 Å². The van der Waals surface area contributed by atoms with Crippen LogP contribution in [-0.4, -0.2) is 19.5 Å². The largest absolute Gasteiger partial charge is 0.368 e. The van der Waals surface area contributed by atoms with E-state index in [4.69, 9.17) is 0 Å². The minimum atomic E-state index is -0.493. The van der Waals surface area contributed by atoms with E-state index in [1.165, 1.54) is 26.0 Å². The Morgan fingerprint density at radius 1 is 1.41 bits per heavy atom. The molecule has 0 aliphatic heterocycles. The van der Waals surface area contributed by atoms with Gasteiger partial charge in [-0.2, -0.15) is 0 Å². The van der Waals surface area contributed by atoms with Crippen LogP contribution in [0.5, 0.6) is 0 Å². The Balaban J connectivity index is 1.92. The van der Waals surface area contributed by atoms with Gasteiger partial charge in [0.15, 0.2) is 5.82 Å². The van der Waals surface area contributed by atoms with E-state index in [2.05, 4.69) is 35.3 Å². The van der Waals surface area contributed by atoms with Crippen molar-refractivity contribution in [2.24, 2.45) is 0 Å². The molecule has 0 radical (unpaired) electrons. The number of rotatable bonds is 4. The van der Waals surface area contributed by atoms with Crippen LogP contribution in [0.3, 0.4) is 0 Å². The molecule has 7 nitrogen and oxygen atoms in total. The van der Waals surface area contributed by atoms with Crippen LogP contribution in [0.1, 0.15) is 28.3 Å². The molecule has 0 spiro atoms. The monoisotopic (exact) mass is 317 g/mol. The number of imidazole rings is 1. The molecule has 0 aromatic carbocycles. The Morgan fingerprint density at radius 2 is 2.18 bits per heavy atom. The van der Waals surface area contributed by atoms with Crippen molar-refractivity contribution < 1.29 is 4.92 Å². The van der Waals surface area contributed by atoms with E-state index in [-0.39, 0.29) is 11.9 Å². The lowest BCUT2D eigenvalue weighted by atomic mass is 10.1. The van der Waals surface area contributed by atoms with Crippen LogP contribution in [0.15, 0.2) is 24.4 Å². The highest BCUT2D eigenvalue weighted by Crippen LogP contribution is 2.28. The van der Waals surface area contributed by atoms with E-state index in [1.54, 1.807) is 23.5 Å². The molecule has 3 aromatic heterocycles. The van der Waals surface area contributed by atoms with E-state index in [9.17, 15) is 10.1 Å². The number of anilines is 1. The van der Waals surface area contributed by atoms with Gasteiger partial charge in [-0.15, -0.1) is 11.3 Å². The normalized spacial score (nSPS) is 12.5. The summed E-state index contributed by atoms with van der Waals surface area (Å²) in [5.41, 5.74) is 1.66. The van der Waals surface area contributed by atoms with E-state index < -0.39 is 4.92 Å². The Labute approximate surface area is 130 Å². The van der Waals surface area contributed by atoms with Crippen LogP contribution in [0.2, 0.25) is 0 Å². The van der Waals surface area contributed by atoms with Gasteiger partial charge in [-0.25, -0.2) is 4.98 Å². The van der Waals surface area contributed by atoms with Gasteiger partial charge in [-0.3, -0.25) is 0 Å². The molecule has 3 heterocycles. The van der Waals surface area contributed by atoms with Crippen molar-refractivity contribution in [2.75, 3.05) is 5.32 Å². The lowest BCUT2D eigenvalue weighted by Gasteiger charge is -2.13. The fraction of sp³-hybridized carbons (Fsp3) is 0.286. The third kappa shape index (κ3) is 2.52. The van der Waals surface area contributed by atoms with Crippen molar-refractivity contribution in [3.05, 3.63) is 49.8 Å². The number of aromatic nitrogens is 3. The predicted molar refractivity (Wildman–Crippen MR) is 85.5 cm³/mol. The van der Waals surface area contributed by atoms with E-state index >= 15 is 0 Å². The van der Waals surface area contributed by atoms with E-state index in [0.29, 0.717) is 11.5 Å². The zero-order valence-electron chi connectivity index (χ0n) is 12.4. The van der Waals surface area contributed by atoms with Gasteiger partial charge in [0.2, 0.25) is 5.65 Å². The molecule has 1 atom stereocenters. The summed E-state index contributed by atoms with van der Waals surface area (Å²) in [4.78, 5) is 17.0. The first-order chi connectivity index (χ1) is 10.5. The Kier molecular flexibility index (Phi) is 3.53. The first-order valence-electron chi connectivity index (χ1n) is 6.78. The van der Waals surface area contributed by atoms with Gasteiger partial charge in [-0.05, 0) is 43.4 Å². The molecule has 1 N–H and O–H groups in total. The van der Waals surface area contributed by atoms with Gasteiger partial charge < -0.3 is 15.4 Å². The zero-order chi connectivity index (χ0) is 15.9. The zero-order valence-corrected chi connectivity index (χ0v) is 13.2. The highest BCUT2D eigenvalue weighted by Gasteiger charge is 2.17. The maximum atomic E-state index is 11.0. The van der Waals surface area contributed by atoms with Crippen molar-refractivity contribution >= 4 is 28.6 Å². The number of aryl methyl sites for hydroxylation is 2. The number of nitro groups is 1. The summed E-state index contributed by atoms with van der Waals surface area (Å²) in [5, 5.41) is 18.5. The van der Waals surface area contributed by atoms with Gasteiger partial charge in [-0.1, -0.05) is 9.61 Å². The lowest BCUT2D eigenvalue weighted by Crippen LogP contribution is -2.10. The summed E-state index contributed by atoms with van der Waals surface area (Å²) < 4.78 is 1.24. The highest BCUT2D eigenvalue weighted by atomic mass is 32.1. The number of fused-ring (bicyclic) bond motifs is 1. The average molecular weight is 317 g/mol. The number of nitrogens with one attached hydrogen (secondary N) is 1. The van der Waals surface area contributed by atoms with Crippen LogP contribution < -0.4 is 5.32 Å². The molecule has 8 heteroatoms. The molecule has 0 unspecified atom stereocenters. The number of hydrogen-bond acceptors (Lipinski definition) is 6. The third-order valence-electron chi connectivity index (χ3n) is 3.44. The van der Waals surface area contributed by atoms with Gasteiger partial charge in [0, 0.05) is 15.8 Å². The Bertz CT molecular complexity index is 854. The maximum absolute atomic E-state index is 11.0. The number of thiophene rings is 1. The smallest absolute Gasteiger partial charge is 0.360 e. The van der Waals surface area contributed by atoms with Crippen LogP contribution in [-0.2, 0) is 0 Å². The van der Waals surface area contributed by atoms with Crippen LogP contribution >= 0.6 is 11.3 Å². The Hall–Kier alpha value is -2.48. The third-order valence-corrected chi connectivity index (χ3v) is 4.42. The van der Waals surface area contributed by atoms with Crippen molar-refractivity contribution in [3.8, 4) is 0 Å². The topological polar surface area (TPSA) is 85.4 Å². The molecule has 0 saturated heterocycles. The first kappa shape index (κ1) is 14.5. The summed E-state index contributed by atoms with van der Waals surface area (Å²) in [6, 6.07) is 5.70. The van der Waals surface area contributed by atoms with Crippen molar-refractivity contribution in [1.82, 2.24) is 14.6 Å². The lowest BCUT2D eigenvalue weighted by molar-refractivity contribution is -0.391. The highest BCUT2D eigenvalue weighted by molar-refractivity contribution is 7.12. The minimum absolute atomic E-state index is 0.0671.